The van der Waals surface area contributed by atoms with Crippen LogP contribution in [0.3, 0.4) is 0 Å². The molecule has 1 saturated heterocycles. The van der Waals surface area contributed by atoms with E-state index < -0.39 is 0 Å². The summed E-state index contributed by atoms with van der Waals surface area (Å²) in [5, 5.41) is 6.52. The highest BCUT2D eigenvalue weighted by atomic mass is 79.9. The van der Waals surface area contributed by atoms with E-state index in [1.807, 2.05) is 18.2 Å². The molecule has 2 aliphatic heterocycles. The number of hydrazone groups is 1. The van der Waals surface area contributed by atoms with Gasteiger partial charge in [-0.1, -0.05) is 30.3 Å². The van der Waals surface area contributed by atoms with Crippen LogP contribution in [0.25, 0.3) is 0 Å². The molecule has 4 nitrogen and oxygen atoms in total. The van der Waals surface area contributed by atoms with Crippen molar-refractivity contribution in [2.24, 2.45) is 5.10 Å². The van der Waals surface area contributed by atoms with Crippen molar-refractivity contribution >= 4 is 43.4 Å². The van der Waals surface area contributed by atoms with Gasteiger partial charge in [0.25, 0.3) is 0 Å². The second kappa shape index (κ2) is 5.58. The number of morpholine rings is 1. The summed E-state index contributed by atoms with van der Waals surface area (Å²) < 4.78 is 8.02. The van der Waals surface area contributed by atoms with Gasteiger partial charge in [-0.3, -0.25) is 0 Å². The molecule has 2 heterocycles. The molecule has 1 aliphatic carbocycles. The molecule has 0 saturated carbocycles. The number of benzene rings is 2. The van der Waals surface area contributed by atoms with Crippen molar-refractivity contribution in [3.8, 4) is 0 Å². The van der Waals surface area contributed by atoms with E-state index in [0.717, 1.165) is 26.9 Å². The Hall–Kier alpha value is -1.37. The Balaban J connectivity index is 1.53. The molecule has 1 fully saturated rings. The fourth-order valence-electron chi connectivity index (χ4n) is 3.63. The van der Waals surface area contributed by atoms with E-state index in [-0.39, 0.29) is 12.1 Å². The Morgan fingerprint density at radius 1 is 1.08 bits per heavy atom. The number of amidine groups is 1. The number of hydrogen-bond donors (Lipinski definition) is 0. The van der Waals surface area contributed by atoms with Gasteiger partial charge in [0, 0.05) is 15.4 Å². The fourth-order valence-corrected chi connectivity index (χ4v) is 4.97. The van der Waals surface area contributed by atoms with Crippen molar-refractivity contribution < 1.29 is 4.74 Å². The van der Waals surface area contributed by atoms with Gasteiger partial charge in [-0.2, -0.15) is 5.10 Å². The number of fused-ring (bicyclic) bond motifs is 5. The monoisotopic (exact) mass is 445 g/mol. The Labute approximate surface area is 157 Å². The van der Waals surface area contributed by atoms with E-state index in [1.165, 1.54) is 11.1 Å². The van der Waals surface area contributed by atoms with Gasteiger partial charge in [0.2, 0.25) is 6.67 Å². The minimum atomic E-state index is 0.153. The highest BCUT2D eigenvalue weighted by Gasteiger charge is 2.46. The minimum absolute atomic E-state index is 0.153. The summed E-state index contributed by atoms with van der Waals surface area (Å²) in [7, 11) is 0. The first-order valence-corrected chi connectivity index (χ1v) is 9.37. The van der Waals surface area contributed by atoms with E-state index in [1.54, 1.807) is 5.01 Å². The average molecular weight is 447 g/mol. The summed E-state index contributed by atoms with van der Waals surface area (Å²) in [6.45, 7) is 3.94. The quantitative estimate of drug-likeness (QED) is 0.652. The summed E-state index contributed by atoms with van der Waals surface area (Å²) in [5.74, 6) is 0.899. The van der Waals surface area contributed by atoms with E-state index >= 15 is 0 Å². The van der Waals surface area contributed by atoms with Crippen molar-refractivity contribution in [1.82, 2.24) is 4.90 Å². The number of halogens is 2. The molecule has 0 unspecified atom stereocenters. The largest absolute Gasteiger partial charge is 0.367 e. The van der Waals surface area contributed by atoms with Crippen LogP contribution in [0.15, 0.2) is 56.5 Å². The average Bonchev–Trinajstić information content (AvgIpc) is 3.14. The molecule has 0 aromatic heterocycles. The second-order valence-corrected chi connectivity index (χ2v) is 7.77. The Morgan fingerprint density at radius 2 is 1.88 bits per heavy atom. The molecule has 6 heteroatoms. The highest BCUT2D eigenvalue weighted by molar-refractivity contribution is 9.11. The predicted octanol–water partition coefficient (Wildman–Crippen LogP) is 4.34. The summed E-state index contributed by atoms with van der Waals surface area (Å²) in [4.78, 5) is 2.14. The third kappa shape index (κ3) is 2.16. The van der Waals surface area contributed by atoms with Crippen molar-refractivity contribution in [3.05, 3.63) is 69.2 Å². The highest BCUT2D eigenvalue weighted by Crippen LogP contribution is 2.45. The zero-order chi connectivity index (χ0) is 16.3. The van der Waals surface area contributed by atoms with Crippen LogP contribution in [0.5, 0.6) is 0 Å². The first-order valence-electron chi connectivity index (χ1n) is 7.79. The molecule has 3 aliphatic rings. The zero-order valence-electron chi connectivity index (χ0n) is 12.6. The van der Waals surface area contributed by atoms with Crippen molar-refractivity contribution in [2.75, 3.05) is 11.6 Å². The molecule has 5 rings (SSSR count). The van der Waals surface area contributed by atoms with E-state index in [2.05, 4.69) is 67.7 Å². The fraction of sp³-hybridized carbons (Fsp3) is 0.222. The molecule has 2 atom stereocenters. The van der Waals surface area contributed by atoms with Crippen LogP contribution >= 0.6 is 31.9 Å². The Morgan fingerprint density at radius 3 is 2.71 bits per heavy atom. The van der Waals surface area contributed by atoms with Gasteiger partial charge in [-0.25, -0.2) is 5.01 Å². The lowest BCUT2D eigenvalue weighted by Gasteiger charge is -2.35. The van der Waals surface area contributed by atoms with Crippen molar-refractivity contribution in [2.45, 2.75) is 18.6 Å². The lowest BCUT2D eigenvalue weighted by atomic mass is 10.1. The van der Waals surface area contributed by atoms with Crippen LogP contribution in [0, 0.1) is 6.67 Å². The molecule has 24 heavy (non-hydrogen) atoms. The summed E-state index contributed by atoms with van der Waals surface area (Å²) in [6.07, 6.45) is 1.11. The second-order valence-electron chi connectivity index (χ2n) is 6.07. The third-order valence-electron chi connectivity index (χ3n) is 4.70. The van der Waals surface area contributed by atoms with Gasteiger partial charge in [0.1, 0.15) is 6.61 Å². The zero-order valence-corrected chi connectivity index (χ0v) is 15.8. The maximum absolute atomic E-state index is 6.08. The van der Waals surface area contributed by atoms with Crippen LogP contribution in [0.1, 0.15) is 17.2 Å². The SMILES string of the molecule is Brc1cccc(Br)c1N1[C]N2C(=N1)CO[C@H]1Cc3ccccc3[C@H]12. The smallest absolute Gasteiger partial charge is 0.233 e. The number of rotatable bonds is 1. The van der Waals surface area contributed by atoms with Gasteiger partial charge in [0.15, 0.2) is 5.84 Å². The maximum Gasteiger partial charge on any atom is 0.233 e. The van der Waals surface area contributed by atoms with E-state index in [4.69, 9.17) is 9.84 Å². The molecule has 2 aromatic rings. The molecular weight excluding hydrogens is 434 g/mol. The summed E-state index contributed by atoms with van der Waals surface area (Å²) in [6, 6.07) is 14.7. The molecule has 0 spiro atoms. The van der Waals surface area contributed by atoms with Crippen LogP contribution in [0.2, 0.25) is 0 Å². The van der Waals surface area contributed by atoms with Gasteiger partial charge < -0.3 is 9.64 Å². The number of nitrogens with zero attached hydrogens (tertiary/aromatic N) is 3. The lowest BCUT2D eigenvalue weighted by molar-refractivity contribution is 0.0119. The van der Waals surface area contributed by atoms with Crippen LogP contribution in [0.4, 0.5) is 5.69 Å². The predicted molar refractivity (Wildman–Crippen MR) is 99.5 cm³/mol. The lowest BCUT2D eigenvalue weighted by Crippen LogP contribution is -2.44. The third-order valence-corrected chi connectivity index (χ3v) is 5.98. The maximum atomic E-state index is 6.08. The van der Waals surface area contributed by atoms with E-state index in [0.29, 0.717) is 6.61 Å². The molecule has 2 radical (unpaired) electrons. The standard InChI is InChI=1S/C18H13Br2N3O/c19-13-6-3-7-14(20)18(13)23-10-22-16(21-23)9-24-15-8-11-4-1-2-5-12(11)17(15)22/h1-7,15,17H,8-9H2/t15-,17+/m0/s1. The normalized spacial score (nSPS) is 24.5. The molecule has 2 aromatic carbocycles. The number of anilines is 1. The summed E-state index contributed by atoms with van der Waals surface area (Å²) in [5.41, 5.74) is 3.62. The number of para-hydroxylation sites is 1. The van der Waals surface area contributed by atoms with Gasteiger partial charge in [0.05, 0.1) is 17.8 Å². The Kier molecular flexibility index (Phi) is 3.47. The van der Waals surface area contributed by atoms with Gasteiger partial charge in [-0.05, 0) is 55.1 Å². The first-order chi connectivity index (χ1) is 11.7. The van der Waals surface area contributed by atoms with Gasteiger partial charge in [-0.15, -0.1) is 0 Å². The Bertz CT molecular complexity index is 834. The molecule has 120 valence electrons. The topological polar surface area (TPSA) is 28.1 Å². The van der Waals surface area contributed by atoms with Crippen LogP contribution < -0.4 is 5.01 Å². The molecular formula is C18H13Br2N3O. The summed E-state index contributed by atoms with van der Waals surface area (Å²) >= 11 is 7.22. The van der Waals surface area contributed by atoms with Crippen LogP contribution in [-0.4, -0.2) is 23.4 Å². The van der Waals surface area contributed by atoms with Crippen molar-refractivity contribution in [1.29, 1.82) is 0 Å². The van der Waals surface area contributed by atoms with E-state index in [9.17, 15) is 0 Å². The van der Waals surface area contributed by atoms with Gasteiger partial charge >= 0.3 is 0 Å². The number of ether oxygens (including phenoxy) is 1. The minimum Gasteiger partial charge on any atom is -0.367 e. The molecule has 0 bridgehead atoms. The number of hydrogen-bond acceptors (Lipinski definition) is 4. The van der Waals surface area contributed by atoms with Crippen molar-refractivity contribution in [3.63, 3.8) is 0 Å². The molecule has 0 amide bonds. The molecule has 0 N–H and O–H groups in total. The van der Waals surface area contributed by atoms with Crippen LogP contribution in [-0.2, 0) is 11.2 Å². The first kappa shape index (κ1) is 14.9.